The van der Waals surface area contributed by atoms with Crippen LogP contribution in [0.2, 0.25) is 0 Å². The van der Waals surface area contributed by atoms with Gasteiger partial charge in [-0.3, -0.25) is 4.79 Å². The van der Waals surface area contributed by atoms with E-state index in [-0.39, 0.29) is 23.8 Å². The van der Waals surface area contributed by atoms with Crippen LogP contribution in [0.3, 0.4) is 0 Å². The van der Waals surface area contributed by atoms with Crippen molar-refractivity contribution in [1.29, 1.82) is 0 Å². The van der Waals surface area contributed by atoms with E-state index < -0.39 is 0 Å². The van der Waals surface area contributed by atoms with Gasteiger partial charge in [0.1, 0.15) is 0 Å². The average Bonchev–Trinajstić information content (AvgIpc) is 3.08. The number of likely N-dealkylation sites (tertiary alicyclic amines) is 1. The molecular formula is C19H26N2O. The number of rotatable bonds is 3. The van der Waals surface area contributed by atoms with Gasteiger partial charge >= 0.3 is 0 Å². The van der Waals surface area contributed by atoms with E-state index in [9.17, 15) is 4.79 Å². The molecule has 2 aliphatic rings. The molecular weight excluding hydrogens is 272 g/mol. The van der Waals surface area contributed by atoms with Crippen molar-refractivity contribution in [2.24, 2.45) is 11.7 Å². The van der Waals surface area contributed by atoms with Gasteiger partial charge < -0.3 is 10.6 Å². The Morgan fingerprint density at radius 1 is 1.09 bits per heavy atom. The number of nitrogens with zero attached hydrogens (tertiary/aromatic N) is 1. The number of nitrogens with two attached hydrogens (primary N) is 1. The zero-order valence-electron chi connectivity index (χ0n) is 13.2. The third-order valence-corrected chi connectivity index (χ3v) is 5.25. The van der Waals surface area contributed by atoms with Gasteiger partial charge in [-0.05, 0) is 37.2 Å². The van der Waals surface area contributed by atoms with Crippen molar-refractivity contribution < 1.29 is 4.79 Å². The minimum absolute atomic E-state index is 0.115. The van der Waals surface area contributed by atoms with Crippen LogP contribution in [-0.4, -0.2) is 29.9 Å². The zero-order valence-corrected chi connectivity index (χ0v) is 13.2. The van der Waals surface area contributed by atoms with Crippen molar-refractivity contribution in [2.75, 3.05) is 13.1 Å². The number of carbonyl (C=O) groups excluding carboxylic acids is 1. The fourth-order valence-electron chi connectivity index (χ4n) is 4.06. The third-order valence-electron chi connectivity index (χ3n) is 5.25. The first kappa shape index (κ1) is 15.3. The van der Waals surface area contributed by atoms with Crippen LogP contribution in [0.5, 0.6) is 0 Å². The van der Waals surface area contributed by atoms with Crippen LogP contribution in [0.15, 0.2) is 42.5 Å². The van der Waals surface area contributed by atoms with Crippen molar-refractivity contribution in [3.05, 3.63) is 48.0 Å². The molecule has 1 saturated carbocycles. The Morgan fingerprint density at radius 2 is 1.77 bits per heavy atom. The van der Waals surface area contributed by atoms with E-state index in [2.05, 4.69) is 30.8 Å². The summed E-state index contributed by atoms with van der Waals surface area (Å²) in [6.07, 6.45) is 5.37. The zero-order chi connectivity index (χ0) is 15.5. The summed E-state index contributed by atoms with van der Waals surface area (Å²) < 4.78 is 0. The number of carbonyl (C=O) groups is 1. The molecule has 1 aromatic carbocycles. The smallest absolute Gasteiger partial charge is 0.249 e. The van der Waals surface area contributed by atoms with Gasteiger partial charge in [-0.25, -0.2) is 0 Å². The Balaban J connectivity index is 1.82. The van der Waals surface area contributed by atoms with Gasteiger partial charge in [0.2, 0.25) is 5.91 Å². The topological polar surface area (TPSA) is 46.3 Å². The van der Waals surface area contributed by atoms with Gasteiger partial charge in [0.05, 0.1) is 0 Å². The maximum absolute atomic E-state index is 12.7. The minimum Gasteiger partial charge on any atom is -0.339 e. The molecule has 1 amide bonds. The molecule has 0 aromatic heterocycles. The molecule has 0 bridgehead atoms. The van der Waals surface area contributed by atoms with E-state index in [4.69, 9.17) is 5.73 Å². The van der Waals surface area contributed by atoms with Crippen molar-refractivity contribution in [2.45, 2.75) is 44.1 Å². The Morgan fingerprint density at radius 3 is 2.45 bits per heavy atom. The largest absolute Gasteiger partial charge is 0.339 e. The second-order valence-corrected chi connectivity index (χ2v) is 6.66. The molecule has 0 spiro atoms. The van der Waals surface area contributed by atoms with E-state index in [0.717, 1.165) is 50.8 Å². The summed E-state index contributed by atoms with van der Waals surface area (Å²) >= 11 is 0. The number of benzene rings is 1. The van der Waals surface area contributed by atoms with Crippen molar-refractivity contribution in [1.82, 2.24) is 4.90 Å². The van der Waals surface area contributed by atoms with Crippen molar-refractivity contribution in [3.8, 4) is 0 Å². The summed E-state index contributed by atoms with van der Waals surface area (Å²) in [4.78, 5) is 14.7. The summed E-state index contributed by atoms with van der Waals surface area (Å²) in [5.41, 5.74) is 8.44. The van der Waals surface area contributed by atoms with E-state index >= 15 is 0 Å². The summed E-state index contributed by atoms with van der Waals surface area (Å²) in [6.45, 7) is 5.95. The minimum atomic E-state index is 0.115. The molecule has 1 aromatic rings. The second kappa shape index (κ2) is 6.66. The van der Waals surface area contributed by atoms with E-state index in [1.165, 1.54) is 5.56 Å². The summed E-state index contributed by atoms with van der Waals surface area (Å²) in [5, 5.41) is 0. The molecule has 1 saturated heterocycles. The molecule has 1 aliphatic heterocycles. The summed E-state index contributed by atoms with van der Waals surface area (Å²) in [6, 6.07) is 10.5. The molecule has 118 valence electrons. The highest BCUT2D eigenvalue weighted by molar-refractivity contribution is 5.93. The maximum atomic E-state index is 12.7. The second-order valence-electron chi connectivity index (χ2n) is 6.66. The predicted molar refractivity (Wildman–Crippen MR) is 89.5 cm³/mol. The van der Waals surface area contributed by atoms with Gasteiger partial charge in [0.15, 0.2) is 0 Å². The molecule has 0 unspecified atom stereocenters. The average molecular weight is 298 g/mol. The number of hydrogen-bond donors (Lipinski definition) is 1. The SMILES string of the molecule is C=C(C(=O)N1CCCC1)[C@H]1CCC[C@@H](N)[C@@H]1c1ccccc1. The van der Waals surface area contributed by atoms with Crippen LogP contribution in [0.25, 0.3) is 0 Å². The van der Waals surface area contributed by atoms with Gasteiger partial charge in [-0.2, -0.15) is 0 Å². The highest BCUT2D eigenvalue weighted by Crippen LogP contribution is 2.41. The third kappa shape index (κ3) is 2.95. The predicted octanol–water partition coefficient (Wildman–Crippen LogP) is 3.08. The highest BCUT2D eigenvalue weighted by Gasteiger charge is 2.37. The first-order valence-electron chi connectivity index (χ1n) is 8.47. The Hall–Kier alpha value is -1.61. The Labute approximate surface area is 133 Å². The van der Waals surface area contributed by atoms with Crippen LogP contribution in [0.4, 0.5) is 0 Å². The molecule has 3 nitrogen and oxygen atoms in total. The van der Waals surface area contributed by atoms with Gasteiger partial charge in [-0.1, -0.05) is 43.3 Å². The molecule has 3 heteroatoms. The number of amides is 1. The fourth-order valence-corrected chi connectivity index (χ4v) is 4.06. The van der Waals surface area contributed by atoms with E-state index in [1.54, 1.807) is 0 Å². The Bertz CT molecular complexity index is 534. The molecule has 1 aliphatic carbocycles. The number of hydrogen-bond acceptors (Lipinski definition) is 2. The van der Waals surface area contributed by atoms with E-state index in [1.807, 2.05) is 11.0 Å². The molecule has 0 radical (unpaired) electrons. The fraction of sp³-hybridized carbons (Fsp3) is 0.526. The molecule has 1 heterocycles. The lowest BCUT2D eigenvalue weighted by molar-refractivity contribution is -0.126. The molecule has 22 heavy (non-hydrogen) atoms. The molecule has 2 fully saturated rings. The quantitative estimate of drug-likeness (QED) is 0.872. The van der Waals surface area contributed by atoms with E-state index in [0.29, 0.717) is 0 Å². The van der Waals surface area contributed by atoms with Gasteiger partial charge in [0, 0.05) is 30.6 Å². The van der Waals surface area contributed by atoms with Crippen LogP contribution in [-0.2, 0) is 4.79 Å². The van der Waals surface area contributed by atoms with Crippen LogP contribution >= 0.6 is 0 Å². The maximum Gasteiger partial charge on any atom is 0.249 e. The molecule has 3 rings (SSSR count). The van der Waals surface area contributed by atoms with Crippen LogP contribution in [0.1, 0.15) is 43.6 Å². The summed E-state index contributed by atoms with van der Waals surface area (Å²) in [5.74, 6) is 0.547. The Kier molecular flexibility index (Phi) is 4.63. The van der Waals surface area contributed by atoms with Crippen molar-refractivity contribution >= 4 is 5.91 Å². The molecule has 2 N–H and O–H groups in total. The standard InChI is InChI=1S/C19H26N2O/c1-14(19(22)21-12-5-6-13-21)16-10-7-11-17(20)18(16)15-8-3-2-4-9-15/h2-4,8-9,16-18H,1,5-7,10-13,20H2/t16-,17-,18-/m1/s1. The van der Waals surface area contributed by atoms with Gasteiger partial charge in [-0.15, -0.1) is 0 Å². The lowest BCUT2D eigenvalue weighted by Gasteiger charge is -2.38. The monoisotopic (exact) mass is 298 g/mol. The lowest BCUT2D eigenvalue weighted by Crippen LogP contribution is -2.41. The first-order chi connectivity index (χ1) is 10.7. The highest BCUT2D eigenvalue weighted by atomic mass is 16.2. The normalized spacial score (nSPS) is 28.6. The van der Waals surface area contributed by atoms with Crippen LogP contribution in [0, 0.1) is 5.92 Å². The first-order valence-corrected chi connectivity index (χ1v) is 8.47. The molecule has 3 atom stereocenters. The lowest BCUT2D eigenvalue weighted by atomic mass is 9.69. The summed E-state index contributed by atoms with van der Waals surface area (Å²) in [7, 11) is 0. The van der Waals surface area contributed by atoms with Crippen molar-refractivity contribution in [3.63, 3.8) is 0 Å². The van der Waals surface area contributed by atoms with Crippen LogP contribution < -0.4 is 5.73 Å². The van der Waals surface area contributed by atoms with Gasteiger partial charge in [0.25, 0.3) is 0 Å².